The van der Waals surface area contributed by atoms with Gasteiger partial charge in [-0.2, -0.15) is 0 Å². The highest BCUT2D eigenvalue weighted by Gasteiger charge is 2.40. The molecular formula is C21H21FN4O2S. The van der Waals surface area contributed by atoms with E-state index in [4.69, 9.17) is 10.5 Å². The minimum Gasteiger partial charge on any atom is -0.378 e. The Morgan fingerprint density at radius 2 is 2.17 bits per heavy atom. The molecule has 2 aromatic rings. The molecular weight excluding hydrogens is 391 g/mol. The first kappa shape index (κ1) is 19.7. The summed E-state index contributed by atoms with van der Waals surface area (Å²) < 4.78 is 20.5. The van der Waals surface area contributed by atoms with Gasteiger partial charge in [-0.05, 0) is 42.0 Å². The highest BCUT2D eigenvalue weighted by molar-refractivity contribution is 8.17. The molecule has 1 aromatic carbocycles. The zero-order valence-electron chi connectivity index (χ0n) is 16.2. The van der Waals surface area contributed by atoms with E-state index in [9.17, 15) is 9.18 Å². The number of rotatable bonds is 4. The van der Waals surface area contributed by atoms with Crippen LogP contribution in [-0.4, -0.2) is 34.1 Å². The molecule has 150 valence electrons. The molecule has 2 aliphatic rings. The molecule has 4 rings (SSSR count). The van der Waals surface area contributed by atoms with Gasteiger partial charge in [-0.3, -0.25) is 9.78 Å². The summed E-state index contributed by atoms with van der Waals surface area (Å²) in [5.41, 5.74) is 8.12. The molecule has 3 heterocycles. The standard InChI is InChI=1S/C21H21FN4O2S/c1-12-9-25-17(10-24-12)18(27)8-13-3-4-16(22)14(7-13)21(2)15-11-28-6-5-19(15)29-20(23)26-21/h3-4,7,9-10H,5-6,8,11H2,1-2H3,(H2,23,26)/t21-/m1/s1. The number of hydrogen-bond acceptors (Lipinski definition) is 7. The third kappa shape index (κ3) is 3.82. The van der Waals surface area contributed by atoms with E-state index >= 15 is 0 Å². The third-order valence-electron chi connectivity index (χ3n) is 5.19. The average Bonchev–Trinajstić information content (AvgIpc) is 2.69. The fraction of sp³-hybridized carbons (Fsp3) is 0.333. The van der Waals surface area contributed by atoms with Crippen molar-refractivity contribution in [2.24, 2.45) is 10.7 Å². The van der Waals surface area contributed by atoms with Crippen LogP contribution in [0.15, 0.2) is 46.1 Å². The van der Waals surface area contributed by atoms with Crippen LogP contribution in [-0.2, 0) is 16.7 Å². The number of benzene rings is 1. The number of nitrogens with two attached hydrogens (primary N) is 1. The van der Waals surface area contributed by atoms with Crippen LogP contribution in [0.2, 0.25) is 0 Å². The fourth-order valence-corrected chi connectivity index (χ4v) is 4.67. The van der Waals surface area contributed by atoms with Crippen LogP contribution < -0.4 is 5.73 Å². The molecule has 1 atom stereocenters. The summed E-state index contributed by atoms with van der Waals surface area (Å²) in [6.07, 6.45) is 3.84. The van der Waals surface area contributed by atoms with E-state index in [1.165, 1.54) is 24.0 Å². The molecule has 29 heavy (non-hydrogen) atoms. The average molecular weight is 412 g/mol. The normalized spacial score (nSPS) is 21.6. The zero-order valence-corrected chi connectivity index (χ0v) is 17.1. The molecule has 0 saturated heterocycles. The Balaban J connectivity index is 1.69. The third-order valence-corrected chi connectivity index (χ3v) is 6.19. The van der Waals surface area contributed by atoms with Gasteiger partial charge in [-0.15, -0.1) is 0 Å². The lowest BCUT2D eigenvalue weighted by Crippen LogP contribution is -2.35. The van der Waals surface area contributed by atoms with Crippen molar-refractivity contribution in [3.8, 4) is 0 Å². The van der Waals surface area contributed by atoms with Gasteiger partial charge in [0.2, 0.25) is 0 Å². The first-order chi connectivity index (χ1) is 13.9. The van der Waals surface area contributed by atoms with E-state index < -0.39 is 5.54 Å². The highest BCUT2D eigenvalue weighted by atomic mass is 32.2. The lowest BCUT2D eigenvalue weighted by molar-refractivity contribution is 0.0987. The largest absolute Gasteiger partial charge is 0.378 e. The van der Waals surface area contributed by atoms with E-state index in [-0.39, 0.29) is 23.7 Å². The highest BCUT2D eigenvalue weighted by Crippen LogP contribution is 2.46. The van der Waals surface area contributed by atoms with Crippen LogP contribution in [0, 0.1) is 12.7 Å². The lowest BCUT2D eigenvalue weighted by Gasteiger charge is -2.37. The van der Waals surface area contributed by atoms with E-state index in [0.29, 0.717) is 29.5 Å². The number of halogens is 1. The van der Waals surface area contributed by atoms with Gasteiger partial charge in [0.1, 0.15) is 17.1 Å². The summed E-state index contributed by atoms with van der Waals surface area (Å²) in [7, 11) is 0. The number of carbonyl (C=O) groups is 1. The molecule has 0 saturated carbocycles. The van der Waals surface area contributed by atoms with Crippen LogP contribution in [0.1, 0.15) is 40.7 Å². The smallest absolute Gasteiger partial charge is 0.187 e. The summed E-state index contributed by atoms with van der Waals surface area (Å²) in [6.45, 7) is 4.65. The molecule has 2 aliphatic heterocycles. The summed E-state index contributed by atoms with van der Waals surface area (Å²) in [5, 5.41) is 0.406. The van der Waals surface area contributed by atoms with Gasteiger partial charge < -0.3 is 10.5 Å². The van der Waals surface area contributed by atoms with Gasteiger partial charge in [0.25, 0.3) is 0 Å². The van der Waals surface area contributed by atoms with Crippen molar-refractivity contribution < 1.29 is 13.9 Å². The number of carbonyl (C=O) groups excluding carboxylic acids is 1. The number of nitrogens with zero attached hydrogens (tertiary/aromatic N) is 3. The van der Waals surface area contributed by atoms with E-state index in [0.717, 1.165) is 22.6 Å². The zero-order chi connectivity index (χ0) is 20.6. The molecule has 0 aliphatic carbocycles. The van der Waals surface area contributed by atoms with Gasteiger partial charge >= 0.3 is 0 Å². The van der Waals surface area contributed by atoms with Crippen molar-refractivity contribution in [2.45, 2.75) is 32.2 Å². The first-order valence-corrected chi connectivity index (χ1v) is 10.1. The van der Waals surface area contributed by atoms with Crippen molar-refractivity contribution in [1.82, 2.24) is 9.97 Å². The topological polar surface area (TPSA) is 90.5 Å². The summed E-state index contributed by atoms with van der Waals surface area (Å²) in [5.74, 6) is -0.567. The monoisotopic (exact) mass is 412 g/mol. The Morgan fingerprint density at radius 3 is 2.93 bits per heavy atom. The Bertz CT molecular complexity index is 1040. The van der Waals surface area contributed by atoms with Crippen molar-refractivity contribution in [1.29, 1.82) is 0 Å². The van der Waals surface area contributed by atoms with E-state index in [2.05, 4.69) is 15.0 Å². The predicted octanol–water partition coefficient (Wildman–Crippen LogP) is 3.30. The Morgan fingerprint density at radius 1 is 1.34 bits per heavy atom. The minimum atomic E-state index is -0.960. The van der Waals surface area contributed by atoms with Crippen molar-refractivity contribution in [2.75, 3.05) is 13.2 Å². The van der Waals surface area contributed by atoms with Gasteiger partial charge in [0.05, 0.1) is 25.1 Å². The molecule has 0 radical (unpaired) electrons. The molecule has 0 spiro atoms. The fourth-order valence-electron chi connectivity index (χ4n) is 3.62. The second kappa shape index (κ2) is 7.68. The lowest BCUT2D eigenvalue weighted by atomic mass is 9.82. The Kier molecular flexibility index (Phi) is 5.23. The number of aliphatic imine (C=N–C) groups is 1. The van der Waals surface area contributed by atoms with Gasteiger partial charge in [0.15, 0.2) is 11.0 Å². The summed E-state index contributed by atoms with van der Waals surface area (Å²) in [6, 6.07) is 4.68. The molecule has 0 amide bonds. The number of aryl methyl sites for hydroxylation is 1. The number of ether oxygens (including phenoxy) is 1. The minimum absolute atomic E-state index is 0.0947. The number of amidine groups is 1. The molecule has 2 N–H and O–H groups in total. The van der Waals surface area contributed by atoms with Crippen LogP contribution >= 0.6 is 11.8 Å². The number of ketones is 1. The number of Topliss-reactive ketones (excluding diaryl/α,β-unsaturated/α-hetero) is 1. The van der Waals surface area contributed by atoms with Crippen molar-refractivity contribution in [3.63, 3.8) is 0 Å². The molecule has 8 heteroatoms. The summed E-state index contributed by atoms with van der Waals surface area (Å²) >= 11 is 1.42. The quantitative estimate of drug-likeness (QED) is 0.775. The van der Waals surface area contributed by atoms with Crippen molar-refractivity contribution >= 4 is 22.7 Å². The van der Waals surface area contributed by atoms with Gasteiger partial charge in [-0.1, -0.05) is 17.8 Å². The number of aromatic nitrogens is 2. The van der Waals surface area contributed by atoms with Gasteiger partial charge in [-0.25, -0.2) is 14.4 Å². The van der Waals surface area contributed by atoms with E-state index in [1.54, 1.807) is 25.3 Å². The first-order valence-electron chi connectivity index (χ1n) is 9.31. The molecule has 0 bridgehead atoms. The second-order valence-corrected chi connectivity index (χ2v) is 8.40. The van der Waals surface area contributed by atoms with Crippen LogP contribution in [0.5, 0.6) is 0 Å². The van der Waals surface area contributed by atoms with Gasteiger partial charge in [0, 0.05) is 24.6 Å². The van der Waals surface area contributed by atoms with Crippen molar-refractivity contribution in [3.05, 3.63) is 69.4 Å². The molecule has 0 unspecified atom stereocenters. The molecule has 0 fully saturated rings. The Labute approximate surface area is 172 Å². The second-order valence-electron chi connectivity index (χ2n) is 7.29. The van der Waals surface area contributed by atoms with Crippen LogP contribution in [0.4, 0.5) is 4.39 Å². The van der Waals surface area contributed by atoms with E-state index in [1.807, 2.05) is 6.92 Å². The molecule has 6 nitrogen and oxygen atoms in total. The number of thioether (sulfide) groups is 1. The predicted molar refractivity (Wildman–Crippen MR) is 110 cm³/mol. The summed E-state index contributed by atoms with van der Waals surface area (Å²) in [4.78, 5) is 26.5. The van der Waals surface area contributed by atoms with Crippen LogP contribution in [0.3, 0.4) is 0 Å². The maximum atomic E-state index is 14.9. The molecule has 1 aromatic heterocycles. The maximum absolute atomic E-state index is 14.9. The maximum Gasteiger partial charge on any atom is 0.187 e. The number of hydrogen-bond donors (Lipinski definition) is 1. The Hall–Kier alpha value is -2.58. The van der Waals surface area contributed by atoms with Crippen LogP contribution in [0.25, 0.3) is 0 Å². The SMILES string of the molecule is Cc1cnc(C(=O)Cc2ccc(F)c([C@@]3(C)N=C(N)SC4=C3COCC4)c2)cn1.